The van der Waals surface area contributed by atoms with Crippen LogP contribution in [0.2, 0.25) is 0 Å². The number of aromatic nitrogens is 2. The monoisotopic (exact) mass is 416 g/mol. The van der Waals surface area contributed by atoms with Crippen molar-refractivity contribution >= 4 is 22.5 Å². The van der Waals surface area contributed by atoms with Gasteiger partial charge >= 0.3 is 6.18 Å². The molecule has 1 aliphatic heterocycles. The van der Waals surface area contributed by atoms with E-state index in [4.69, 9.17) is 0 Å². The Balaban J connectivity index is 1.58. The van der Waals surface area contributed by atoms with Crippen molar-refractivity contribution in [1.82, 2.24) is 15.1 Å². The second-order valence-corrected chi connectivity index (χ2v) is 7.57. The van der Waals surface area contributed by atoms with Crippen LogP contribution in [0.4, 0.5) is 18.9 Å². The topological polar surface area (TPSA) is 52.2 Å². The highest BCUT2D eigenvalue weighted by atomic mass is 19.4. The Morgan fingerprint density at radius 1 is 1.20 bits per heavy atom. The lowest BCUT2D eigenvalue weighted by molar-refractivity contribution is -0.137. The summed E-state index contributed by atoms with van der Waals surface area (Å²) in [4.78, 5) is 17.1. The predicted molar refractivity (Wildman–Crippen MR) is 109 cm³/mol. The maximum absolute atomic E-state index is 13.3. The van der Waals surface area contributed by atoms with E-state index in [1.807, 2.05) is 28.9 Å². The van der Waals surface area contributed by atoms with Crippen LogP contribution in [-0.4, -0.2) is 46.7 Å². The van der Waals surface area contributed by atoms with Gasteiger partial charge in [0.15, 0.2) is 0 Å². The minimum Gasteiger partial charge on any atom is -0.368 e. The van der Waals surface area contributed by atoms with Crippen LogP contribution in [0.5, 0.6) is 0 Å². The minimum atomic E-state index is -4.38. The maximum atomic E-state index is 13.3. The van der Waals surface area contributed by atoms with Crippen molar-refractivity contribution in [3.8, 4) is 0 Å². The summed E-state index contributed by atoms with van der Waals surface area (Å²) in [7, 11) is 0. The molecule has 0 bridgehead atoms. The average molecular weight is 416 g/mol. The molecule has 1 amide bonds. The van der Waals surface area contributed by atoms with Crippen molar-refractivity contribution in [1.29, 1.82) is 0 Å². The molecule has 0 saturated carbocycles. The van der Waals surface area contributed by atoms with Gasteiger partial charge in [0.05, 0.1) is 22.8 Å². The van der Waals surface area contributed by atoms with Gasteiger partial charge in [-0.1, -0.05) is 25.5 Å². The fourth-order valence-electron chi connectivity index (χ4n) is 4.13. The Hall–Kier alpha value is -3.03. The van der Waals surface area contributed by atoms with Crippen molar-refractivity contribution in [2.24, 2.45) is 0 Å². The molecule has 5 nitrogen and oxygen atoms in total. The highest BCUT2D eigenvalue weighted by molar-refractivity contribution is 6.06. The van der Waals surface area contributed by atoms with Crippen LogP contribution >= 0.6 is 0 Å². The lowest BCUT2D eigenvalue weighted by Crippen LogP contribution is -2.55. The molecule has 1 unspecified atom stereocenters. The molecule has 1 atom stereocenters. The molecule has 8 heteroatoms. The number of hydrogen-bond donors (Lipinski definition) is 1. The van der Waals surface area contributed by atoms with Gasteiger partial charge in [-0.05, 0) is 36.8 Å². The third-order valence-electron chi connectivity index (χ3n) is 5.62. The van der Waals surface area contributed by atoms with E-state index < -0.39 is 11.7 Å². The SMILES string of the molecule is CCCC1CN(c2cccc(C(F)(F)F)c2)CCN1C(=O)c1cccc2[nH]ncc12. The number of anilines is 1. The third kappa shape index (κ3) is 3.86. The first-order valence-corrected chi connectivity index (χ1v) is 10.0. The molecule has 1 aliphatic rings. The Labute approximate surface area is 172 Å². The number of halogens is 3. The Kier molecular flexibility index (Phi) is 5.40. The van der Waals surface area contributed by atoms with Gasteiger partial charge in [-0.2, -0.15) is 18.3 Å². The first-order chi connectivity index (χ1) is 14.4. The normalized spacial score (nSPS) is 17.5. The molecule has 0 aliphatic carbocycles. The number of benzene rings is 2. The smallest absolute Gasteiger partial charge is 0.368 e. The van der Waals surface area contributed by atoms with Crippen LogP contribution in [0.15, 0.2) is 48.7 Å². The minimum absolute atomic E-state index is 0.0656. The van der Waals surface area contributed by atoms with Gasteiger partial charge in [0.2, 0.25) is 0 Å². The summed E-state index contributed by atoms with van der Waals surface area (Å²) < 4.78 is 39.3. The summed E-state index contributed by atoms with van der Waals surface area (Å²) >= 11 is 0. The fourth-order valence-corrected chi connectivity index (χ4v) is 4.13. The van der Waals surface area contributed by atoms with Gasteiger partial charge in [0.1, 0.15) is 0 Å². The number of hydrogen-bond acceptors (Lipinski definition) is 3. The number of amides is 1. The first-order valence-electron chi connectivity index (χ1n) is 10.0. The summed E-state index contributed by atoms with van der Waals surface area (Å²) in [6.45, 7) is 3.48. The molecule has 1 aromatic heterocycles. The maximum Gasteiger partial charge on any atom is 0.416 e. The van der Waals surface area contributed by atoms with Crippen molar-refractivity contribution in [3.63, 3.8) is 0 Å². The van der Waals surface area contributed by atoms with E-state index in [9.17, 15) is 18.0 Å². The average Bonchev–Trinajstić information content (AvgIpc) is 3.22. The Morgan fingerprint density at radius 3 is 2.77 bits per heavy atom. The van der Waals surface area contributed by atoms with E-state index in [2.05, 4.69) is 10.2 Å². The van der Waals surface area contributed by atoms with Gasteiger partial charge in [-0.15, -0.1) is 0 Å². The van der Waals surface area contributed by atoms with Gasteiger partial charge in [-0.25, -0.2) is 0 Å². The van der Waals surface area contributed by atoms with Crippen LogP contribution in [-0.2, 0) is 6.18 Å². The number of aromatic amines is 1. The van der Waals surface area contributed by atoms with Crippen LogP contribution < -0.4 is 4.90 Å². The molecule has 0 spiro atoms. The second-order valence-electron chi connectivity index (χ2n) is 7.57. The quantitative estimate of drug-likeness (QED) is 0.670. The number of nitrogens with one attached hydrogen (secondary N) is 1. The fraction of sp³-hybridized carbons (Fsp3) is 0.364. The van der Waals surface area contributed by atoms with Crippen molar-refractivity contribution in [3.05, 3.63) is 59.8 Å². The zero-order chi connectivity index (χ0) is 21.3. The highest BCUT2D eigenvalue weighted by Gasteiger charge is 2.34. The van der Waals surface area contributed by atoms with Crippen LogP contribution in [0.3, 0.4) is 0 Å². The zero-order valence-electron chi connectivity index (χ0n) is 16.6. The zero-order valence-corrected chi connectivity index (χ0v) is 16.6. The van der Waals surface area contributed by atoms with Gasteiger partial charge in [-0.3, -0.25) is 9.89 Å². The van der Waals surface area contributed by atoms with Gasteiger partial charge in [0, 0.05) is 36.7 Å². The van der Waals surface area contributed by atoms with Crippen LogP contribution in [0.1, 0.15) is 35.7 Å². The van der Waals surface area contributed by atoms with E-state index in [0.29, 0.717) is 30.9 Å². The number of alkyl halides is 3. The first kappa shape index (κ1) is 20.3. The second kappa shape index (κ2) is 8.01. The van der Waals surface area contributed by atoms with Gasteiger partial charge in [0.25, 0.3) is 5.91 Å². The number of carbonyl (C=O) groups is 1. The van der Waals surface area contributed by atoms with E-state index in [1.165, 1.54) is 12.1 Å². The van der Waals surface area contributed by atoms with E-state index in [0.717, 1.165) is 29.8 Å². The summed E-state index contributed by atoms with van der Waals surface area (Å²) in [5, 5.41) is 7.68. The molecule has 158 valence electrons. The number of H-pyrrole nitrogens is 1. The summed E-state index contributed by atoms with van der Waals surface area (Å²) in [5.41, 5.74) is 1.28. The number of carbonyl (C=O) groups excluding carboxylic acids is 1. The molecule has 2 heterocycles. The van der Waals surface area contributed by atoms with Crippen molar-refractivity contribution in [2.75, 3.05) is 24.5 Å². The lowest BCUT2D eigenvalue weighted by Gasteiger charge is -2.42. The summed E-state index contributed by atoms with van der Waals surface area (Å²) in [6, 6.07) is 10.8. The van der Waals surface area contributed by atoms with Gasteiger partial charge < -0.3 is 9.80 Å². The molecule has 30 heavy (non-hydrogen) atoms. The third-order valence-corrected chi connectivity index (χ3v) is 5.62. The largest absolute Gasteiger partial charge is 0.416 e. The predicted octanol–water partition coefficient (Wildman–Crippen LogP) is 4.71. The molecule has 4 rings (SSSR count). The summed E-state index contributed by atoms with van der Waals surface area (Å²) in [5.74, 6) is -0.0656. The van der Waals surface area contributed by atoms with E-state index in [1.54, 1.807) is 18.3 Å². The van der Waals surface area contributed by atoms with Crippen molar-refractivity contribution < 1.29 is 18.0 Å². The highest BCUT2D eigenvalue weighted by Crippen LogP contribution is 2.32. The number of rotatable bonds is 4. The number of nitrogens with zero attached hydrogens (tertiary/aromatic N) is 3. The number of piperazine rings is 1. The van der Waals surface area contributed by atoms with Crippen molar-refractivity contribution in [2.45, 2.75) is 32.0 Å². The molecule has 3 aromatic rings. The molecule has 1 fully saturated rings. The Bertz CT molecular complexity index is 1050. The lowest BCUT2D eigenvalue weighted by atomic mass is 10.0. The molecule has 2 aromatic carbocycles. The van der Waals surface area contributed by atoms with Crippen LogP contribution in [0, 0.1) is 0 Å². The Morgan fingerprint density at radius 2 is 2.00 bits per heavy atom. The molecular weight excluding hydrogens is 393 g/mol. The summed E-state index contributed by atoms with van der Waals surface area (Å²) in [6.07, 6.45) is -1.07. The molecular formula is C22H23F3N4O. The molecule has 1 saturated heterocycles. The van der Waals surface area contributed by atoms with Crippen LogP contribution in [0.25, 0.3) is 10.9 Å². The van der Waals surface area contributed by atoms with E-state index in [-0.39, 0.29) is 11.9 Å². The standard InChI is InChI=1S/C22H23F3N4O/c1-2-5-17-14-28(16-7-3-6-15(12-16)22(23,24)25)10-11-29(17)21(30)18-8-4-9-20-19(18)13-26-27-20/h3-4,6-9,12-13,17H,2,5,10-11,14H2,1H3,(H,26,27). The number of fused-ring (bicyclic) bond motifs is 1. The molecule has 1 N–H and O–H groups in total. The van der Waals surface area contributed by atoms with E-state index >= 15 is 0 Å². The molecule has 0 radical (unpaired) electrons.